The van der Waals surface area contributed by atoms with Gasteiger partial charge in [-0.25, -0.2) is 0 Å². The zero-order valence-electron chi connectivity index (χ0n) is 12.0. The summed E-state index contributed by atoms with van der Waals surface area (Å²) in [6.07, 6.45) is 0. The monoisotopic (exact) mass is 282 g/mol. The highest BCUT2D eigenvalue weighted by Crippen LogP contribution is 2.08. The average molecular weight is 282 g/mol. The summed E-state index contributed by atoms with van der Waals surface area (Å²) in [5.41, 5.74) is 4.31. The Kier molecular flexibility index (Phi) is 4.64. The highest BCUT2D eigenvalue weighted by atomic mass is 32.1. The normalized spacial score (nSPS) is 11.2. The van der Waals surface area contributed by atoms with Crippen LogP contribution in [-0.4, -0.2) is 22.8 Å². The van der Waals surface area contributed by atoms with E-state index in [1.54, 1.807) is 5.01 Å². The van der Waals surface area contributed by atoms with Crippen LogP contribution < -0.4 is 0 Å². The molecule has 0 aliphatic heterocycles. The van der Waals surface area contributed by atoms with E-state index >= 15 is 0 Å². The molecule has 2 rings (SSSR count). The van der Waals surface area contributed by atoms with Crippen LogP contribution in [0.15, 0.2) is 59.7 Å². The fourth-order valence-electron chi connectivity index (χ4n) is 1.89. The molecule has 3 heteroatoms. The molecule has 0 amide bonds. The van der Waals surface area contributed by atoms with Gasteiger partial charge in [0.1, 0.15) is 4.99 Å². The van der Waals surface area contributed by atoms with Crippen LogP contribution in [0.25, 0.3) is 0 Å². The highest BCUT2D eigenvalue weighted by Gasteiger charge is 2.06. The van der Waals surface area contributed by atoms with Gasteiger partial charge < -0.3 is 0 Å². The van der Waals surface area contributed by atoms with Crippen LogP contribution in [-0.2, 0) is 0 Å². The maximum Gasteiger partial charge on any atom is 0.129 e. The Morgan fingerprint density at radius 2 is 1.55 bits per heavy atom. The van der Waals surface area contributed by atoms with E-state index in [9.17, 15) is 0 Å². The summed E-state index contributed by atoms with van der Waals surface area (Å²) < 4.78 is 0. The second-order valence-corrected chi connectivity index (χ2v) is 5.13. The number of hydrazone groups is 1. The van der Waals surface area contributed by atoms with Crippen molar-refractivity contribution in [3.63, 3.8) is 0 Å². The number of benzene rings is 2. The van der Waals surface area contributed by atoms with Crippen molar-refractivity contribution in [3.8, 4) is 0 Å². The topological polar surface area (TPSA) is 15.6 Å². The van der Waals surface area contributed by atoms with E-state index in [-0.39, 0.29) is 0 Å². The summed E-state index contributed by atoms with van der Waals surface area (Å²) in [5, 5.41) is 6.31. The molecule has 0 N–H and O–H groups in total. The van der Waals surface area contributed by atoms with E-state index in [4.69, 9.17) is 12.2 Å². The molecule has 0 saturated carbocycles. The zero-order chi connectivity index (χ0) is 14.5. The molecule has 0 heterocycles. The summed E-state index contributed by atoms with van der Waals surface area (Å²) in [6, 6.07) is 18.3. The fraction of sp³-hybridized carbons (Fsp3) is 0.176. The van der Waals surface area contributed by atoms with Crippen molar-refractivity contribution < 1.29 is 0 Å². The van der Waals surface area contributed by atoms with Crippen LogP contribution in [0, 0.1) is 6.92 Å². The van der Waals surface area contributed by atoms with Gasteiger partial charge in [0, 0.05) is 12.6 Å². The van der Waals surface area contributed by atoms with Crippen LogP contribution in [0.1, 0.15) is 23.6 Å². The molecular weight excluding hydrogens is 264 g/mol. The summed E-state index contributed by atoms with van der Waals surface area (Å²) in [4.78, 5) is 0.720. The second-order valence-electron chi connectivity index (χ2n) is 4.75. The summed E-state index contributed by atoms with van der Waals surface area (Å²) in [6.45, 7) is 4.07. The minimum absolute atomic E-state index is 0.720. The molecule has 0 bridgehead atoms. The third-order valence-corrected chi connectivity index (χ3v) is 3.58. The van der Waals surface area contributed by atoms with E-state index in [2.05, 4.69) is 36.3 Å². The van der Waals surface area contributed by atoms with Crippen molar-refractivity contribution in [3.05, 3.63) is 71.3 Å². The number of hydrogen-bond donors (Lipinski definition) is 0. The van der Waals surface area contributed by atoms with Crippen LogP contribution in [0.3, 0.4) is 0 Å². The number of hydrogen-bond acceptors (Lipinski definition) is 2. The van der Waals surface area contributed by atoms with Crippen LogP contribution in [0.2, 0.25) is 0 Å². The Morgan fingerprint density at radius 3 is 2.15 bits per heavy atom. The minimum atomic E-state index is 0.720. The molecule has 0 unspecified atom stereocenters. The smallest absolute Gasteiger partial charge is 0.129 e. The van der Waals surface area contributed by atoms with E-state index in [1.807, 2.05) is 44.3 Å². The Bertz CT molecular complexity index is 615. The van der Waals surface area contributed by atoms with Gasteiger partial charge in [-0.2, -0.15) is 5.10 Å². The largest absolute Gasteiger partial charge is 0.257 e. The number of nitrogens with zero attached hydrogens (tertiary/aromatic N) is 2. The molecule has 0 saturated heterocycles. The molecular formula is C17H18N2S. The lowest BCUT2D eigenvalue weighted by molar-refractivity contribution is 0.555. The number of aryl methyl sites for hydroxylation is 1. The van der Waals surface area contributed by atoms with Gasteiger partial charge in [-0.1, -0.05) is 72.4 Å². The van der Waals surface area contributed by atoms with E-state index in [0.717, 1.165) is 21.8 Å². The molecule has 0 aliphatic rings. The molecule has 0 aliphatic carbocycles. The first-order valence-corrected chi connectivity index (χ1v) is 6.94. The molecule has 0 atom stereocenters. The van der Waals surface area contributed by atoms with Crippen molar-refractivity contribution in [2.75, 3.05) is 7.05 Å². The summed E-state index contributed by atoms with van der Waals surface area (Å²) >= 11 is 5.45. The molecule has 2 aromatic rings. The first-order chi connectivity index (χ1) is 9.58. The summed E-state index contributed by atoms with van der Waals surface area (Å²) in [7, 11) is 1.88. The average Bonchev–Trinajstić information content (AvgIpc) is 2.48. The second kappa shape index (κ2) is 6.44. The van der Waals surface area contributed by atoms with E-state index in [1.165, 1.54) is 5.56 Å². The van der Waals surface area contributed by atoms with E-state index in [0.29, 0.717) is 0 Å². The first-order valence-electron chi connectivity index (χ1n) is 6.53. The van der Waals surface area contributed by atoms with Crippen molar-refractivity contribution in [1.29, 1.82) is 0 Å². The molecule has 2 nitrogen and oxygen atoms in total. The number of rotatable bonds is 3. The van der Waals surface area contributed by atoms with Gasteiger partial charge in [0.2, 0.25) is 0 Å². The Morgan fingerprint density at radius 1 is 0.950 bits per heavy atom. The predicted molar refractivity (Wildman–Crippen MR) is 89.3 cm³/mol. The molecule has 20 heavy (non-hydrogen) atoms. The molecule has 0 fully saturated rings. The Labute approximate surface area is 125 Å². The van der Waals surface area contributed by atoms with Crippen molar-refractivity contribution in [2.45, 2.75) is 13.8 Å². The minimum Gasteiger partial charge on any atom is -0.257 e. The third kappa shape index (κ3) is 3.52. The maximum atomic E-state index is 5.45. The van der Waals surface area contributed by atoms with Gasteiger partial charge >= 0.3 is 0 Å². The quantitative estimate of drug-likeness (QED) is 0.480. The molecule has 0 spiro atoms. The molecule has 0 radical (unpaired) electrons. The predicted octanol–water partition coefficient (Wildman–Crippen LogP) is 4.03. The SMILES string of the molecule is C/C(=N\N(C)C(=S)c1ccccc1)c1ccc(C)cc1. The number of thiocarbonyl (C=S) groups is 1. The van der Waals surface area contributed by atoms with Crippen molar-refractivity contribution in [2.24, 2.45) is 5.10 Å². The highest BCUT2D eigenvalue weighted by molar-refractivity contribution is 7.80. The van der Waals surface area contributed by atoms with Gasteiger partial charge in [-0.3, -0.25) is 5.01 Å². The lowest BCUT2D eigenvalue weighted by Crippen LogP contribution is -2.21. The third-order valence-electron chi connectivity index (χ3n) is 3.08. The fourth-order valence-corrected chi connectivity index (χ4v) is 2.07. The standard InChI is InChI=1S/C17H18N2S/c1-13-9-11-15(12-10-13)14(2)18-19(3)17(20)16-7-5-4-6-8-16/h4-12H,1-3H3/b18-14+. The van der Waals surface area contributed by atoms with E-state index < -0.39 is 0 Å². The molecule has 0 aromatic heterocycles. The van der Waals surface area contributed by atoms with Crippen molar-refractivity contribution >= 4 is 22.9 Å². The van der Waals surface area contributed by atoms with Gasteiger partial charge in [0.15, 0.2) is 0 Å². The molecule has 2 aromatic carbocycles. The van der Waals surface area contributed by atoms with Crippen molar-refractivity contribution in [1.82, 2.24) is 5.01 Å². The van der Waals surface area contributed by atoms with Gasteiger partial charge in [0.05, 0.1) is 5.71 Å². The zero-order valence-corrected chi connectivity index (χ0v) is 12.8. The van der Waals surface area contributed by atoms with Gasteiger partial charge in [-0.05, 0) is 19.4 Å². The van der Waals surface area contributed by atoms with Gasteiger partial charge in [-0.15, -0.1) is 0 Å². The summed E-state index contributed by atoms with van der Waals surface area (Å²) in [5.74, 6) is 0. The Balaban J connectivity index is 2.17. The maximum absolute atomic E-state index is 5.45. The van der Waals surface area contributed by atoms with Gasteiger partial charge in [0.25, 0.3) is 0 Å². The Hall–Kier alpha value is -2.00. The first kappa shape index (κ1) is 14.4. The lowest BCUT2D eigenvalue weighted by Gasteiger charge is -2.15. The van der Waals surface area contributed by atoms with Crippen LogP contribution in [0.5, 0.6) is 0 Å². The lowest BCUT2D eigenvalue weighted by atomic mass is 10.1. The van der Waals surface area contributed by atoms with Crippen LogP contribution >= 0.6 is 12.2 Å². The van der Waals surface area contributed by atoms with Crippen LogP contribution in [0.4, 0.5) is 0 Å². The molecule has 102 valence electrons.